The molecule has 0 spiro atoms. The van der Waals surface area contributed by atoms with Crippen molar-refractivity contribution in [3.05, 3.63) is 59.2 Å². The first-order chi connectivity index (χ1) is 10.8. The molecule has 1 amide bonds. The van der Waals surface area contributed by atoms with Gasteiger partial charge in [0, 0.05) is 5.69 Å². The van der Waals surface area contributed by atoms with Gasteiger partial charge in [-0.3, -0.25) is 4.79 Å². The zero-order chi connectivity index (χ0) is 17.0. The van der Waals surface area contributed by atoms with Gasteiger partial charge < -0.3 is 10.6 Å². The van der Waals surface area contributed by atoms with E-state index in [2.05, 4.69) is 10.6 Å². The molecule has 3 nitrogen and oxygen atoms in total. The van der Waals surface area contributed by atoms with Crippen LogP contribution >= 0.6 is 0 Å². The number of nitrogens with one attached hydrogen (secondary N) is 2. The number of amides is 1. The molecule has 2 rings (SSSR count). The molecule has 0 aromatic heterocycles. The van der Waals surface area contributed by atoms with E-state index in [1.54, 1.807) is 0 Å². The topological polar surface area (TPSA) is 41.1 Å². The van der Waals surface area contributed by atoms with Crippen LogP contribution in [0.4, 0.5) is 24.5 Å². The Morgan fingerprint density at radius 1 is 1.00 bits per heavy atom. The standard InChI is InChI=1S/C17H17F3N2O/c1-11-6-5-7-12(2)16(11)21-10-15(23)22-14-9-4-3-8-13(14)17(18,19)20/h3-9,21H,10H2,1-2H3,(H,22,23). The van der Waals surface area contributed by atoms with Gasteiger partial charge in [0.15, 0.2) is 0 Å². The second-order valence-electron chi connectivity index (χ2n) is 5.21. The van der Waals surface area contributed by atoms with E-state index in [-0.39, 0.29) is 12.2 Å². The van der Waals surface area contributed by atoms with E-state index in [9.17, 15) is 18.0 Å². The number of rotatable bonds is 4. The van der Waals surface area contributed by atoms with Crippen molar-refractivity contribution in [2.24, 2.45) is 0 Å². The number of anilines is 2. The summed E-state index contributed by atoms with van der Waals surface area (Å²) >= 11 is 0. The van der Waals surface area contributed by atoms with Gasteiger partial charge in [0.05, 0.1) is 17.8 Å². The Balaban J connectivity index is 2.07. The van der Waals surface area contributed by atoms with Gasteiger partial charge in [-0.1, -0.05) is 30.3 Å². The van der Waals surface area contributed by atoms with Gasteiger partial charge in [0.25, 0.3) is 0 Å². The summed E-state index contributed by atoms with van der Waals surface area (Å²) in [6, 6.07) is 10.6. The number of alkyl halides is 3. The van der Waals surface area contributed by atoms with E-state index < -0.39 is 17.6 Å². The number of hydrogen-bond donors (Lipinski definition) is 2. The predicted octanol–water partition coefficient (Wildman–Crippen LogP) is 4.37. The van der Waals surface area contributed by atoms with Crippen LogP contribution in [-0.2, 0) is 11.0 Å². The molecule has 2 aromatic rings. The van der Waals surface area contributed by atoms with Crippen LogP contribution in [0.5, 0.6) is 0 Å². The molecule has 0 bridgehead atoms. The minimum absolute atomic E-state index is 0.113. The molecule has 0 saturated carbocycles. The summed E-state index contributed by atoms with van der Waals surface area (Å²) < 4.78 is 38.7. The maximum Gasteiger partial charge on any atom is 0.418 e. The highest BCUT2D eigenvalue weighted by atomic mass is 19.4. The lowest BCUT2D eigenvalue weighted by Crippen LogP contribution is -2.24. The summed E-state index contributed by atoms with van der Waals surface area (Å²) in [6.07, 6.45) is -4.51. The number of hydrogen-bond acceptors (Lipinski definition) is 2. The van der Waals surface area contributed by atoms with Crippen LogP contribution in [0, 0.1) is 13.8 Å². The first-order valence-corrected chi connectivity index (χ1v) is 7.05. The molecule has 0 heterocycles. The third-order valence-corrected chi connectivity index (χ3v) is 3.41. The molecule has 0 unspecified atom stereocenters. The largest absolute Gasteiger partial charge is 0.418 e. The normalized spacial score (nSPS) is 11.2. The van der Waals surface area contributed by atoms with E-state index in [4.69, 9.17) is 0 Å². The molecule has 2 aromatic carbocycles. The maximum absolute atomic E-state index is 12.9. The smallest absolute Gasteiger partial charge is 0.376 e. The second-order valence-corrected chi connectivity index (χ2v) is 5.21. The predicted molar refractivity (Wildman–Crippen MR) is 84.5 cm³/mol. The molecular formula is C17H17F3N2O. The van der Waals surface area contributed by atoms with Crippen molar-refractivity contribution in [1.29, 1.82) is 0 Å². The van der Waals surface area contributed by atoms with Crippen molar-refractivity contribution in [1.82, 2.24) is 0 Å². The summed E-state index contributed by atoms with van der Waals surface area (Å²) in [4.78, 5) is 11.9. The molecule has 0 saturated heterocycles. The highest BCUT2D eigenvalue weighted by Crippen LogP contribution is 2.34. The van der Waals surface area contributed by atoms with E-state index in [1.807, 2.05) is 32.0 Å². The quantitative estimate of drug-likeness (QED) is 0.877. The number of para-hydroxylation sites is 2. The van der Waals surface area contributed by atoms with Crippen molar-refractivity contribution < 1.29 is 18.0 Å². The molecule has 122 valence electrons. The van der Waals surface area contributed by atoms with Crippen LogP contribution in [0.1, 0.15) is 16.7 Å². The SMILES string of the molecule is Cc1cccc(C)c1NCC(=O)Nc1ccccc1C(F)(F)F. The molecule has 0 fully saturated rings. The van der Waals surface area contributed by atoms with E-state index in [0.717, 1.165) is 22.9 Å². The fraction of sp³-hybridized carbons (Fsp3) is 0.235. The second kappa shape index (κ2) is 6.73. The molecule has 0 aliphatic rings. The van der Waals surface area contributed by atoms with E-state index in [1.165, 1.54) is 18.2 Å². The molecule has 23 heavy (non-hydrogen) atoms. The molecule has 0 radical (unpaired) electrons. The molecule has 0 atom stereocenters. The monoisotopic (exact) mass is 322 g/mol. The third kappa shape index (κ3) is 4.25. The van der Waals surface area contributed by atoms with Gasteiger partial charge in [-0.15, -0.1) is 0 Å². The Kier molecular flexibility index (Phi) is 4.93. The first kappa shape index (κ1) is 16.9. The summed E-state index contributed by atoms with van der Waals surface area (Å²) in [5, 5.41) is 5.27. The highest BCUT2D eigenvalue weighted by Gasteiger charge is 2.33. The molecular weight excluding hydrogens is 305 g/mol. The van der Waals surface area contributed by atoms with E-state index >= 15 is 0 Å². The zero-order valence-electron chi connectivity index (χ0n) is 12.8. The van der Waals surface area contributed by atoms with Crippen molar-refractivity contribution in [2.75, 3.05) is 17.2 Å². The van der Waals surface area contributed by atoms with Crippen LogP contribution in [0.3, 0.4) is 0 Å². The number of aryl methyl sites for hydroxylation is 2. The van der Waals surface area contributed by atoms with Gasteiger partial charge >= 0.3 is 6.18 Å². The molecule has 6 heteroatoms. The van der Waals surface area contributed by atoms with Crippen LogP contribution in [-0.4, -0.2) is 12.5 Å². The number of carbonyl (C=O) groups excluding carboxylic acids is 1. The van der Waals surface area contributed by atoms with Gasteiger partial charge in [-0.05, 0) is 37.1 Å². The molecule has 0 aliphatic carbocycles. The minimum Gasteiger partial charge on any atom is -0.376 e. The lowest BCUT2D eigenvalue weighted by Gasteiger charge is -2.15. The van der Waals surface area contributed by atoms with E-state index in [0.29, 0.717) is 0 Å². The summed E-state index contributed by atoms with van der Waals surface area (Å²) in [6.45, 7) is 3.68. The lowest BCUT2D eigenvalue weighted by molar-refractivity contribution is -0.137. The van der Waals surface area contributed by atoms with Crippen molar-refractivity contribution in [2.45, 2.75) is 20.0 Å². The average molecular weight is 322 g/mol. The Morgan fingerprint density at radius 3 is 2.22 bits per heavy atom. The van der Waals surface area contributed by atoms with Crippen LogP contribution in [0.25, 0.3) is 0 Å². The summed E-state index contributed by atoms with van der Waals surface area (Å²) in [5.74, 6) is -0.538. The number of carbonyl (C=O) groups is 1. The van der Waals surface area contributed by atoms with Crippen molar-refractivity contribution >= 4 is 17.3 Å². The minimum atomic E-state index is -4.51. The fourth-order valence-corrected chi connectivity index (χ4v) is 2.30. The van der Waals surface area contributed by atoms with Crippen molar-refractivity contribution in [3.63, 3.8) is 0 Å². The first-order valence-electron chi connectivity index (χ1n) is 7.05. The maximum atomic E-state index is 12.9. The van der Waals surface area contributed by atoms with Gasteiger partial charge in [-0.25, -0.2) is 0 Å². The summed E-state index contributed by atoms with van der Waals surface area (Å²) in [7, 11) is 0. The van der Waals surface area contributed by atoms with Gasteiger partial charge in [-0.2, -0.15) is 13.2 Å². The Bertz CT molecular complexity index is 691. The Hall–Kier alpha value is -2.50. The lowest BCUT2D eigenvalue weighted by atomic mass is 10.1. The number of halogens is 3. The zero-order valence-corrected chi connectivity index (χ0v) is 12.8. The molecule has 2 N–H and O–H groups in total. The molecule has 0 aliphatic heterocycles. The Labute approximate surface area is 132 Å². The fourth-order valence-electron chi connectivity index (χ4n) is 2.30. The Morgan fingerprint density at radius 2 is 1.61 bits per heavy atom. The van der Waals surface area contributed by atoms with Crippen LogP contribution < -0.4 is 10.6 Å². The summed E-state index contributed by atoms with van der Waals surface area (Å²) in [5.41, 5.74) is 1.64. The van der Waals surface area contributed by atoms with Gasteiger partial charge in [0.1, 0.15) is 0 Å². The third-order valence-electron chi connectivity index (χ3n) is 3.41. The van der Waals surface area contributed by atoms with Crippen LogP contribution in [0.15, 0.2) is 42.5 Å². The number of benzene rings is 2. The van der Waals surface area contributed by atoms with Crippen molar-refractivity contribution in [3.8, 4) is 0 Å². The average Bonchev–Trinajstić information content (AvgIpc) is 2.46. The highest BCUT2D eigenvalue weighted by molar-refractivity contribution is 5.94. The van der Waals surface area contributed by atoms with Crippen LogP contribution in [0.2, 0.25) is 0 Å². The van der Waals surface area contributed by atoms with Gasteiger partial charge in [0.2, 0.25) is 5.91 Å².